The number of allylic oxidation sites excluding steroid dienone is 4. The Bertz CT molecular complexity index is 1670. The molecule has 4 aromatic rings. The molecule has 42 heavy (non-hydrogen) atoms. The summed E-state index contributed by atoms with van der Waals surface area (Å²) in [5, 5.41) is 12.3. The lowest BCUT2D eigenvalue weighted by molar-refractivity contribution is -0.115. The van der Waals surface area contributed by atoms with E-state index in [0.717, 1.165) is 56.9 Å². The Morgan fingerprint density at radius 2 is 0.690 bits per heavy atom. The molecule has 0 radical (unpaired) electrons. The van der Waals surface area contributed by atoms with E-state index in [1.165, 1.54) is 13.8 Å². The molecule has 0 unspecified atom stereocenters. The summed E-state index contributed by atoms with van der Waals surface area (Å²) in [4.78, 5) is 31.7. The first-order valence-corrected chi connectivity index (χ1v) is 13.4. The van der Waals surface area contributed by atoms with Gasteiger partial charge in [0, 0.05) is 48.0 Å². The van der Waals surface area contributed by atoms with Gasteiger partial charge in [-0.1, -0.05) is 0 Å². The summed E-state index contributed by atoms with van der Waals surface area (Å²) >= 11 is 0. The molecule has 5 rings (SSSR count). The minimum absolute atomic E-state index is 0.0917. The summed E-state index contributed by atoms with van der Waals surface area (Å²) in [6, 6.07) is 30.9. The Morgan fingerprint density at radius 3 is 1.00 bits per heavy atom. The fraction of sp³-hybridized carbons (Fsp3) is 0.0588. The number of rotatable bonds is 8. The molecule has 0 spiro atoms. The zero-order valence-electron chi connectivity index (χ0n) is 23.3. The molecule has 208 valence electrons. The van der Waals surface area contributed by atoms with Crippen LogP contribution in [0.3, 0.4) is 0 Å². The molecule has 1 aliphatic carbocycles. The van der Waals surface area contributed by atoms with Gasteiger partial charge in [0.2, 0.25) is 11.8 Å². The highest BCUT2D eigenvalue weighted by Crippen LogP contribution is 2.25. The van der Waals surface area contributed by atoms with E-state index < -0.39 is 0 Å². The summed E-state index contributed by atoms with van der Waals surface area (Å²) < 4.78 is 0. The highest BCUT2D eigenvalue weighted by molar-refractivity contribution is 6.19. The molecule has 4 N–H and O–H groups in total. The van der Waals surface area contributed by atoms with Gasteiger partial charge in [-0.15, -0.1) is 0 Å². The van der Waals surface area contributed by atoms with Crippen molar-refractivity contribution in [3.05, 3.63) is 121 Å². The van der Waals surface area contributed by atoms with E-state index in [2.05, 4.69) is 26.3 Å². The van der Waals surface area contributed by atoms with E-state index in [9.17, 15) is 9.59 Å². The monoisotopic (exact) mass is 554 g/mol. The molecule has 2 amide bonds. The maximum atomic E-state index is 11.2. The second-order valence-electron chi connectivity index (χ2n) is 9.60. The molecular formula is C34H30N6O2. The number of anilines is 6. The van der Waals surface area contributed by atoms with Gasteiger partial charge in [0.25, 0.3) is 0 Å². The number of hydrogen-bond donors (Lipinski definition) is 4. The van der Waals surface area contributed by atoms with E-state index in [0.29, 0.717) is 0 Å². The average molecular weight is 555 g/mol. The van der Waals surface area contributed by atoms with Gasteiger partial charge in [-0.25, -0.2) is 9.98 Å². The standard InChI is InChI=1S/C34H30N6O2/c1-23(41)35-25-3-7-27(8-4-25)37-29-11-15-31(16-12-29)39-33-19-21-34(22-20-33)40-32-17-13-30(14-18-32)38-28-9-5-26(6-10-28)36-24(2)42/h3-22,37,39H,1-2H3,(H,35,41)(H,36,42). The molecule has 0 fully saturated rings. The molecule has 8 nitrogen and oxygen atoms in total. The van der Waals surface area contributed by atoms with Crippen LogP contribution >= 0.6 is 0 Å². The van der Waals surface area contributed by atoms with Crippen molar-refractivity contribution in [2.75, 3.05) is 21.3 Å². The minimum Gasteiger partial charge on any atom is -0.356 e. The van der Waals surface area contributed by atoms with Gasteiger partial charge in [-0.3, -0.25) is 9.59 Å². The molecule has 1 aliphatic rings. The predicted octanol–water partition coefficient (Wildman–Crippen LogP) is 8.06. The second kappa shape index (κ2) is 13.1. The van der Waals surface area contributed by atoms with Crippen molar-refractivity contribution in [1.29, 1.82) is 0 Å². The molecule has 4 aromatic carbocycles. The fourth-order valence-electron chi connectivity index (χ4n) is 4.15. The molecule has 0 aromatic heterocycles. The van der Waals surface area contributed by atoms with E-state index >= 15 is 0 Å². The number of amides is 2. The molecule has 0 aliphatic heterocycles. The molecule has 0 atom stereocenters. The molecule has 0 heterocycles. The van der Waals surface area contributed by atoms with Crippen LogP contribution in [0, 0.1) is 0 Å². The number of carbonyl (C=O) groups is 2. The lowest BCUT2D eigenvalue weighted by Crippen LogP contribution is -2.05. The van der Waals surface area contributed by atoms with E-state index in [1.807, 2.05) is 121 Å². The molecule has 0 saturated heterocycles. The number of nitrogens with one attached hydrogen (secondary N) is 4. The minimum atomic E-state index is -0.103. The molecular weight excluding hydrogens is 524 g/mol. The van der Waals surface area contributed by atoms with Gasteiger partial charge in [0.15, 0.2) is 0 Å². The largest absolute Gasteiger partial charge is 0.356 e. The lowest BCUT2D eigenvalue weighted by atomic mass is 10.1. The quantitative estimate of drug-likeness (QED) is 0.165. The highest BCUT2D eigenvalue weighted by Gasteiger charge is 2.03. The summed E-state index contributed by atoms with van der Waals surface area (Å²) in [6.45, 7) is 2.97. The molecule has 0 bridgehead atoms. The summed E-state index contributed by atoms with van der Waals surface area (Å²) in [6.07, 6.45) is 7.72. The maximum absolute atomic E-state index is 11.2. The molecule has 8 heteroatoms. The first-order chi connectivity index (χ1) is 20.4. The van der Waals surface area contributed by atoms with Crippen LogP contribution in [0.5, 0.6) is 0 Å². The Morgan fingerprint density at radius 1 is 0.429 bits per heavy atom. The number of carbonyl (C=O) groups excluding carboxylic acids is 2. The van der Waals surface area contributed by atoms with Gasteiger partial charge in [-0.05, 0) is 121 Å². The smallest absolute Gasteiger partial charge is 0.221 e. The van der Waals surface area contributed by atoms with Gasteiger partial charge in [0.05, 0.1) is 22.8 Å². The Kier molecular flexibility index (Phi) is 8.64. The summed E-state index contributed by atoms with van der Waals surface area (Å²) in [5.74, 6) is -0.194. The van der Waals surface area contributed by atoms with E-state index in [4.69, 9.17) is 4.99 Å². The SMILES string of the molecule is CC(=O)Nc1ccc(N=C2C=CC(=Nc3ccc(Nc4ccc(Nc5ccc(NC(C)=O)cc5)cc4)cc3)C=C2)cc1. The fourth-order valence-corrected chi connectivity index (χ4v) is 4.15. The lowest BCUT2D eigenvalue weighted by Gasteiger charge is -2.10. The predicted molar refractivity (Wildman–Crippen MR) is 173 cm³/mol. The second-order valence-corrected chi connectivity index (χ2v) is 9.60. The van der Waals surface area contributed by atoms with E-state index in [1.54, 1.807) is 0 Å². The first-order valence-electron chi connectivity index (χ1n) is 13.4. The topological polar surface area (TPSA) is 107 Å². The maximum Gasteiger partial charge on any atom is 0.221 e. The van der Waals surface area contributed by atoms with Crippen molar-refractivity contribution in [3.63, 3.8) is 0 Å². The average Bonchev–Trinajstić information content (AvgIpc) is 2.98. The van der Waals surface area contributed by atoms with Crippen LogP contribution in [-0.4, -0.2) is 23.2 Å². The van der Waals surface area contributed by atoms with Crippen molar-refractivity contribution in [2.24, 2.45) is 9.98 Å². The Hall–Kier alpha value is -5.76. The Labute approximate surface area is 244 Å². The highest BCUT2D eigenvalue weighted by atomic mass is 16.2. The number of hydrogen-bond acceptors (Lipinski definition) is 6. The normalized spacial score (nSPS) is 12.0. The van der Waals surface area contributed by atoms with E-state index in [-0.39, 0.29) is 11.8 Å². The van der Waals surface area contributed by atoms with Crippen molar-refractivity contribution in [1.82, 2.24) is 0 Å². The first kappa shape index (κ1) is 27.8. The van der Waals surface area contributed by atoms with Crippen LogP contribution in [0.4, 0.5) is 45.5 Å². The van der Waals surface area contributed by atoms with Crippen molar-refractivity contribution in [2.45, 2.75) is 13.8 Å². The zero-order valence-corrected chi connectivity index (χ0v) is 23.3. The zero-order chi connectivity index (χ0) is 29.3. The van der Waals surface area contributed by atoms with Gasteiger partial charge in [0.1, 0.15) is 0 Å². The summed E-state index contributed by atoms with van der Waals surface area (Å²) in [7, 11) is 0. The van der Waals surface area contributed by atoms with Gasteiger partial charge >= 0.3 is 0 Å². The third kappa shape index (κ3) is 8.12. The Balaban J connectivity index is 1.14. The van der Waals surface area contributed by atoms with Crippen LogP contribution in [0.2, 0.25) is 0 Å². The summed E-state index contributed by atoms with van der Waals surface area (Å²) in [5.41, 5.74) is 8.64. The van der Waals surface area contributed by atoms with Crippen LogP contribution < -0.4 is 21.3 Å². The third-order valence-corrected chi connectivity index (χ3v) is 6.09. The van der Waals surface area contributed by atoms with Crippen molar-refractivity contribution in [3.8, 4) is 0 Å². The van der Waals surface area contributed by atoms with Gasteiger partial charge < -0.3 is 21.3 Å². The number of nitrogens with zero attached hydrogens (tertiary/aromatic N) is 2. The van der Waals surface area contributed by atoms with Crippen LogP contribution in [0.1, 0.15) is 13.8 Å². The number of benzene rings is 4. The van der Waals surface area contributed by atoms with Gasteiger partial charge in [-0.2, -0.15) is 0 Å². The van der Waals surface area contributed by atoms with Crippen molar-refractivity contribution >= 4 is 68.7 Å². The number of aliphatic imine (C=N–C) groups is 2. The van der Waals surface area contributed by atoms with Crippen molar-refractivity contribution < 1.29 is 9.59 Å². The third-order valence-electron chi connectivity index (χ3n) is 6.09. The van der Waals surface area contributed by atoms with Crippen LogP contribution in [-0.2, 0) is 9.59 Å². The van der Waals surface area contributed by atoms with Crippen LogP contribution in [0.15, 0.2) is 131 Å². The van der Waals surface area contributed by atoms with Crippen LogP contribution in [0.25, 0.3) is 0 Å². The molecule has 0 saturated carbocycles.